The van der Waals surface area contributed by atoms with Gasteiger partial charge in [-0.2, -0.15) is 0 Å². The van der Waals surface area contributed by atoms with Crippen LogP contribution in [0.1, 0.15) is 43.0 Å². The molecule has 5 nitrogen and oxygen atoms in total. The van der Waals surface area contributed by atoms with Crippen molar-refractivity contribution < 1.29 is 9.90 Å². The van der Waals surface area contributed by atoms with E-state index in [9.17, 15) is 14.7 Å². The van der Waals surface area contributed by atoms with Crippen molar-refractivity contribution in [3.8, 4) is 5.88 Å². The molecule has 1 aromatic heterocycles. The van der Waals surface area contributed by atoms with Crippen molar-refractivity contribution in [1.29, 1.82) is 0 Å². The molecule has 0 radical (unpaired) electrons. The van der Waals surface area contributed by atoms with Crippen LogP contribution in [0, 0.1) is 5.92 Å². The molecule has 0 saturated heterocycles. The third-order valence-electron chi connectivity index (χ3n) is 3.52. The van der Waals surface area contributed by atoms with Gasteiger partial charge in [0.25, 0.3) is 11.5 Å². The molecule has 1 aromatic rings. The average Bonchev–Trinajstić information content (AvgIpc) is 2.31. The maximum absolute atomic E-state index is 12.0. The van der Waals surface area contributed by atoms with E-state index in [1.165, 1.54) is 18.6 Å². The fourth-order valence-electron chi connectivity index (χ4n) is 2.44. The normalized spacial score (nSPS) is 23.6. The maximum atomic E-state index is 12.0. The summed E-state index contributed by atoms with van der Waals surface area (Å²) in [7, 11) is 0. The van der Waals surface area contributed by atoms with Crippen LogP contribution in [0.25, 0.3) is 0 Å². The minimum Gasteiger partial charge on any atom is -0.494 e. The van der Waals surface area contributed by atoms with Crippen LogP contribution in [0.4, 0.5) is 0 Å². The van der Waals surface area contributed by atoms with Gasteiger partial charge in [-0.15, -0.1) is 0 Å². The lowest BCUT2D eigenvalue weighted by Gasteiger charge is -2.29. The Morgan fingerprint density at radius 2 is 2.11 bits per heavy atom. The average molecular weight is 250 g/mol. The van der Waals surface area contributed by atoms with Gasteiger partial charge in [-0.25, -0.2) is 0 Å². The Balaban J connectivity index is 2.09. The lowest BCUT2D eigenvalue weighted by molar-refractivity contribution is 0.0909. The van der Waals surface area contributed by atoms with Crippen LogP contribution in [0.2, 0.25) is 0 Å². The second-order valence-corrected chi connectivity index (χ2v) is 4.96. The van der Waals surface area contributed by atoms with Crippen molar-refractivity contribution in [1.82, 2.24) is 10.3 Å². The Labute approximate surface area is 105 Å². The molecule has 1 aliphatic rings. The number of aromatic hydroxyl groups is 1. The SMILES string of the molecule is CC1CCCCC1NC(=O)c1cc(O)[nH]c(=O)c1. The Hall–Kier alpha value is -1.78. The van der Waals surface area contributed by atoms with Crippen LogP contribution in [0.5, 0.6) is 5.88 Å². The Kier molecular flexibility index (Phi) is 3.69. The first kappa shape index (κ1) is 12.7. The molecular formula is C13H18N2O3. The third-order valence-corrected chi connectivity index (χ3v) is 3.52. The molecule has 18 heavy (non-hydrogen) atoms. The third kappa shape index (κ3) is 2.91. The van der Waals surface area contributed by atoms with E-state index in [4.69, 9.17) is 0 Å². The highest BCUT2D eigenvalue weighted by atomic mass is 16.3. The van der Waals surface area contributed by atoms with Crippen molar-refractivity contribution in [3.05, 3.63) is 28.0 Å². The van der Waals surface area contributed by atoms with Gasteiger partial charge in [-0.05, 0) is 18.8 Å². The summed E-state index contributed by atoms with van der Waals surface area (Å²) in [4.78, 5) is 25.4. The molecule has 1 heterocycles. The molecule has 2 atom stereocenters. The second-order valence-electron chi connectivity index (χ2n) is 4.96. The molecule has 98 valence electrons. The summed E-state index contributed by atoms with van der Waals surface area (Å²) in [6, 6.07) is 2.62. The second kappa shape index (κ2) is 5.25. The summed E-state index contributed by atoms with van der Waals surface area (Å²) in [5, 5.41) is 12.2. The monoisotopic (exact) mass is 250 g/mol. The highest BCUT2D eigenvalue weighted by molar-refractivity contribution is 5.94. The number of nitrogens with one attached hydrogen (secondary N) is 2. The Morgan fingerprint density at radius 3 is 2.78 bits per heavy atom. The van der Waals surface area contributed by atoms with Gasteiger partial charge in [0.15, 0.2) is 5.88 Å². The van der Waals surface area contributed by atoms with Gasteiger partial charge in [0.1, 0.15) is 0 Å². The Bertz CT molecular complexity index is 495. The molecule has 1 aliphatic carbocycles. The van der Waals surface area contributed by atoms with Crippen molar-refractivity contribution in [2.75, 3.05) is 0 Å². The summed E-state index contributed by atoms with van der Waals surface area (Å²) in [6.07, 6.45) is 4.42. The quantitative estimate of drug-likeness (QED) is 0.741. The number of carbonyl (C=O) groups is 1. The van der Waals surface area contributed by atoms with Crippen molar-refractivity contribution in [2.45, 2.75) is 38.6 Å². The first-order chi connectivity index (χ1) is 8.56. The van der Waals surface area contributed by atoms with Crippen LogP contribution in [0.15, 0.2) is 16.9 Å². The molecule has 0 aliphatic heterocycles. The molecule has 0 aromatic carbocycles. The first-order valence-corrected chi connectivity index (χ1v) is 6.30. The van der Waals surface area contributed by atoms with E-state index >= 15 is 0 Å². The van der Waals surface area contributed by atoms with E-state index in [1.807, 2.05) is 0 Å². The van der Waals surface area contributed by atoms with Crippen LogP contribution in [-0.4, -0.2) is 22.0 Å². The molecule has 0 spiro atoms. The molecule has 3 N–H and O–H groups in total. The zero-order valence-electron chi connectivity index (χ0n) is 10.4. The van der Waals surface area contributed by atoms with Gasteiger partial charge in [0.05, 0.1) is 5.56 Å². The first-order valence-electron chi connectivity index (χ1n) is 6.30. The van der Waals surface area contributed by atoms with E-state index in [2.05, 4.69) is 17.2 Å². The summed E-state index contributed by atoms with van der Waals surface area (Å²) >= 11 is 0. The summed E-state index contributed by atoms with van der Waals surface area (Å²) in [6.45, 7) is 2.12. The largest absolute Gasteiger partial charge is 0.494 e. The summed E-state index contributed by atoms with van der Waals surface area (Å²) in [5.41, 5.74) is -0.272. The van der Waals surface area contributed by atoms with Crippen molar-refractivity contribution in [2.24, 2.45) is 5.92 Å². The van der Waals surface area contributed by atoms with Crippen LogP contribution in [-0.2, 0) is 0 Å². The lowest BCUT2D eigenvalue weighted by atomic mass is 9.86. The molecule has 1 amide bonds. The zero-order valence-corrected chi connectivity index (χ0v) is 10.4. The standard InChI is InChI=1S/C13H18N2O3/c1-8-4-2-3-5-10(8)14-13(18)9-6-11(16)15-12(17)7-9/h6-8,10H,2-5H2,1H3,(H,14,18)(H2,15,16,17). The molecule has 5 heteroatoms. The maximum Gasteiger partial charge on any atom is 0.251 e. The predicted molar refractivity (Wildman–Crippen MR) is 67.6 cm³/mol. The van der Waals surface area contributed by atoms with Crippen LogP contribution in [0.3, 0.4) is 0 Å². The van der Waals surface area contributed by atoms with Gasteiger partial charge in [-0.1, -0.05) is 19.8 Å². The summed E-state index contributed by atoms with van der Waals surface area (Å²) in [5.74, 6) is -0.127. The number of pyridine rings is 1. The number of rotatable bonds is 2. The fourth-order valence-corrected chi connectivity index (χ4v) is 2.44. The number of carbonyl (C=O) groups excluding carboxylic acids is 1. The minimum absolute atomic E-state index is 0.160. The number of aromatic nitrogens is 1. The van der Waals surface area contributed by atoms with Crippen molar-refractivity contribution in [3.63, 3.8) is 0 Å². The highest BCUT2D eigenvalue weighted by Crippen LogP contribution is 2.24. The lowest BCUT2D eigenvalue weighted by Crippen LogP contribution is -2.41. The van der Waals surface area contributed by atoms with E-state index in [1.54, 1.807) is 0 Å². The zero-order chi connectivity index (χ0) is 13.1. The van der Waals surface area contributed by atoms with E-state index in [0.29, 0.717) is 5.92 Å². The number of amides is 1. The Morgan fingerprint density at radius 1 is 1.39 bits per heavy atom. The minimum atomic E-state index is -0.475. The number of hydrogen-bond acceptors (Lipinski definition) is 3. The van der Waals surface area contributed by atoms with Gasteiger partial charge >= 0.3 is 0 Å². The van der Waals surface area contributed by atoms with Crippen LogP contribution >= 0.6 is 0 Å². The van der Waals surface area contributed by atoms with Crippen LogP contribution < -0.4 is 10.9 Å². The van der Waals surface area contributed by atoms with Crippen molar-refractivity contribution >= 4 is 5.91 Å². The number of H-pyrrole nitrogens is 1. The number of hydrogen-bond donors (Lipinski definition) is 3. The number of aromatic amines is 1. The molecule has 0 bridgehead atoms. The van der Waals surface area contributed by atoms with E-state index in [0.717, 1.165) is 19.3 Å². The molecule has 1 fully saturated rings. The smallest absolute Gasteiger partial charge is 0.251 e. The summed E-state index contributed by atoms with van der Waals surface area (Å²) < 4.78 is 0. The predicted octanol–water partition coefficient (Wildman–Crippen LogP) is 1.39. The topological polar surface area (TPSA) is 82.2 Å². The van der Waals surface area contributed by atoms with Gasteiger partial charge < -0.3 is 10.4 Å². The molecule has 2 unspecified atom stereocenters. The molecular weight excluding hydrogens is 232 g/mol. The molecule has 2 rings (SSSR count). The molecule has 1 saturated carbocycles. The fraction of sp³-hybridized carbons (Fsp3) is 0.538. The van der Waals surface area contributed by atoms with E-state index in [-0.39, 0.29) is 23.4 Å². The van der Waals surface area contributed by atoms with E-state index < -0.39 is 5.56 Å². The van der Waals surface area contributed by atoms with Gasteiger partial charge in [-0.3, -0.25) is 14.6 Å². The van der Waals surface area contributed by atoms with Gasteiger partial charge in [0, 0.05) is 18.2 Å². The highest BCUT2D eigenvalue weighted by Gasteiger charge is 2.23. The van der Waals surface area contributed by atoms with Gasteiger partial charge in [0.2, 0.25) is 0 Å².